The molecular weight excluding hydrogens is 424 g/mol. The Balaban J connectivity index is 1.56. The fourth-order valence-electron chi connectivity index (χ4n) is 3.44. The molecule has 7 nitrogen and oxygen atoms in total. The fourth-order valence-corrected chi connectivity index (χ4v) is 3.44. The standard InChI is InChI=1S/C26H20O7/c1-15-11-20(32-26(29)18-5-4-6-19(13-18)30-2)14-21-23(15)24(27)22(33-21)12-16-7-9-17(10-8-16)25(28)31-3/h4-14H,1-3H3/b22-12-. The molecular formula is C26H20O7. The summed E-state index contributed by atoms with van der Waals surface area (Å²) in [5, 5.41) is 0. The van der Waals surface area contributed by atoms with E-state index in [0.29, 0.717) is 39.3 Å². The van der Waals surface area contributed by atoms with E-state index in [-0.39, 0.29) is 17.3 Å². The Morgan fingerprint density at radius 1 is 0.879 bits per heavy atom. The molecule has 0 aromatic heterocycles. The quantitative estimate of drug-likeness (QED) is 0.322. The van der Waals surface area contributed by atoms with Crippen molar-refractivity contribution in [1.29, 1.82) is 0 Å². The van der Waals surface area contributed by atoms with E-state index in [2.05, 4.69) is 4.74 Å². The van der Waals surface area contributed by atoms with Crippen LogP contribution in [0.5, 0.6) is 17.2 Å². The van der Waals surface area contributed by atoms with Gasteiger partial charge < -0.3 is 18.9 Å². The lowest BCUT2D eigenvalue weighted by Gasteiger charge is -2.08. The number of methoxy groups -OCH3 is 2. The van der Waals surface area contributed by atoms with Crippen molar-refractivity contribution in [3.8, 4) is 17.2 Å². The first kappa shape index (κ1) is 21.8. The van der Waals surface area contributed by atoms with Gasteiger partial charge in [0.15, 0.2) is 5.76 Å². The molecule has 3 aromatic rings. The summed E-state index contributed by atoms with van der Waals surface area (Å²) in [6.45, 7) is 1.75. The smallest absolute Gasteiger partial charge is 0.343 e. The van der Waals surface area contributed by atoms with Crippen LogP contribution >= 0.6 is 0 Å². The van der Waals surface area contributed by atoms with Crippen LogP contribution in [0.4, 0.5) is 0 Å². The van der Waals surface area contributed by atoms with Crippen LogP contribution < -0.4 is 14.2 Å². The van der Waals surface area contributed by atoms with Crippen LogP contribution in [0.1, 0.15) is 42.2 Å². The summed E-state index contributed by atoms with van der Waals surface area (Å²) in [5.74, 6) is -0.0276. The number of esters is 2. The van der Waals surface area contributed by atoms with Gasteiger partial charge in [-0.15, -0.1) is 0 Å². The molecule has 1 aliphatic rings. The zero-order valence-electron chi connectivity index (χ0n) is 18.2. The highest BCUT2D eigenvalue weighted by Crippen LogP contribution is 2.37. The molecule has 0 aliphatic carbocycles. The number of carbonyl (C=O) groups is 3. The van der Waals surface area contributed by atoms with Crippen LogP contribution in [0, 0.1) is 6.92 Å². The Hall–Kier alpha value is -4.39. The van der Waals surface area contributed by atoms with Gasteiger partial charge in [-0.25, -0.2) is 9.59 Å². The zero-order chi connectivity index (χ0) is 23.5. The molecule has 1 heterocycles. The Morgan fingerprint density at radius 2 is 1.64 bits per heavy atom. The maximum absolute atomic E-state index is 12.9. The molecule has 0 radical (unpaired) electrons. The van der Waals surface area contributed by atoms with Crippen molar-refractivity contribution in [3.05, 3.63) is 94.2 Å². The van der Waals surface area contributed by atoms with Crippen LogP contribution in [-0.4, -0.2) is 31.9 Å². The van der Waals surface area contributed by atoms with Crippen LogP contribution in [0.25, 0.3) is 6.08 Å². The minimum absolute atomic E-state index is 0.134. The molecule has 0 unspecified atom stereocenters. The molecule has 0 fully saturated rings. The molecule has 3 aromatic carbocycles. The number of rotatable bonds is 5. The first-order valence-electron chi connectivity index (χ1n) is 10.0. The summed E-state index contributed by atoms with van der Waals surface area (Å²) in [5.41, 5.74) is 2.45. The Labute approximate surface area is 190 Å². The second-order valence-electron chi connectivity index (χ2n) is 7.29. The van der Waals surface area contributed by atoms with E-state index >= 15 is 0 Å². The zero-order valence-corrected chi connectivity index (χ0v) is 18.2. The Kier molecular flexibility index (Phi) is 5.95. The minimum Gasteiger partial charge on any atom is -0.497 e. The van der Waals surface area contributed by atoms with E-state index in [4.69, 9.17) is 14.2 Å². The van der Waals surface area contributed by atoms with Gasteiger partial charge in [-0.3, -0.25) is 4.79 Å². The van der Waals surface area contributed by atoms with Crippen molar-refractivity contribution in [2.24, 2.45) is 0 Å². The van der Waals surface area contributed by atoms with Gasteiger partial charge in [0.25, 0.3) is 0 Å². The Bertz CT molecular complexity index is 1290. The average molecular weight is 444 g/mol. The van der Waals surface area contributed by atoms with Crippen molar-refractivity contribution >= 4 is 23.8 Å². The molecule has 0 saturated heterocycles. The Morgan fingerprint density at radius 3 is 2.33 bits per heavy atom. The van der Waals surface area contributed by atoms with E-state index in [1.165, 1.54) is 20.3 Å². The minimum atomic E-state index is -0.556. The second kappa shape index (κ2) is 9.00. The molecule has 1 aliphatic heterocycles. The highest BCUT2D eigenvalue weighted by atomic mass is 16.5. The van der Waals surface area contributed by atoms with Gasteiger partial charge in [0.2, 0.25) is 5.78 Å². The average Bonchev–Trinajstić information content (AvgIpc) is 3.14. The molecule has 166 valence electrons. The monoisotopic (exact) mass is 444 g/mol. The fraction of sp³-hybridized carbons (Fsp3) is 0.115. The molecule has 0 atom stereocenters. The summed E-state index contributed by atoms with van der Waals surface area (Å²) in [6.07, 6.45) is 1.59. The number of hydrogen-bond acceptors (Lipinski definition) is 7. The van der Waals surface area contributed by atoms with Crippen molar-refractivity contribution in [1.82, 2.24) is 0 Å². The summed E-state index contributed by atoms with van der Waals surface area (Å²) >= 11 is 0. The van der Waals surface area contributed by atoms with Crippen LogP contribution in [0.3, 0.4) is 0 Å². The van der Waals surface area contributed by atoms with Gasteiger partial charge in [-0.05, 0) is 60.5 Å². The van der Waals surface area contributed by atoms with Crippen LogP contribution in [0.2, 0.25) is 0 Å². The number of allylic oxidation sites excluding steroid dienone is 1. The SMILES string of the molecule is COC(=O)c1ccc(/C=C2\Oc3cc(OC(=O)c4cccc(OC)c4)cc(C)c3C2=O)cc1. The van der Waals surface area contributed by atoms with Gasteiger partial charge in [-0.1, -0.05) is 18.2 Å². The number of fused-ring (bicyclic) bond motifs is 1. The third-order valence-electron chi connectivity index (χ3n) is 5.09. The summed E-state index contributed by atoms with van der Waals surface area (Å²) in [7, 11) is 2.83. The molecule has 0 bridgehead atoms. The molecule has 0 saturated carbocycles. The highest BCUT2D eigenvalue weighted by Gasteiger charge is 2.30. The van der Waals surface area contributed by atoms with Gasteiger partial charge in [-0.2, -0.15) is 0 Å². The number of ether oxygens (including phenoxy) is 4. The first-order valence-corrected chi connectivity index (χ1v) is 10.0. The van der Waals surface area contributed by atoms with Crippen molar-refractivity contribution in [3.63, 3.8) is 0 Å². The topological polar surface area (TPSA) is 88.1 Å². The van der Waals surface area contributed by atoms with Gasteiger partial charge in [0.1, 0.15) is 17.2 Å². The van der Waals surface area contributed by atoms with E-state index in [1.54, 1.807) is 67.6 Å². The van der Waals surface area contributed by atoms with Crippen molar-refractivity contribution in [2.75, 3.05) is 14.2 Å². The third kappa shape index (κ3) is 4.48. The lowest BCUT2D eigenvalue weighted by atomic mass is 10.0. The van der Waals surface area contributed by atoms with Crippen LogP contribution in [-0.2, 0) is 4.74 Å². The number of hydrogen-bond donors (Lipinski definition) is 0. The van der Waals surface area contributed by atoms with Crippen molar-refractivity contribution in [2.45, 2.75) is 6.92 Å². The number of carbonyl (C=O) groups excluding carboxylic acids is 3. The van der Waals surface area contributed by atoms with E-state index in [1.807, 2.05) is 0 Å². The molecule has 4 rings (SSSR count). The molecule has 33 heavy (non-hydrogen) atoms. The molecule has 0 amide bonds. The second-order valence-corrected chi connectivity index (χ2v) is 7.29. The van der Waals surface area contributed by atoms with Gasteiger partial charge in [0.05, 0.1) is 30.9 Å². The van der Waals surface area contributed by atoms with Crippen molar-refractivity contribution < 1.29 is 33.3 Å². The largest absolute Gasteiger partial charge is 0.497 e. The predicted molar refractivity (Wildman–Crippen MR) is 120 cm³/mol. The van der Waals surface area contributed by atoms with E-state index < -0.39 is 11.9 Å². The molecule has 7 heteroatoms. The highest BCUT2D eigenvalue weighted by molar-refractivity contribution is 6.15. The lowest BCUT2D eigenvalue weighted by molar-refractivity contribution is 0.0600. The molecule has 0 spiro atoms. The first-order chi connectivity index (χ1) is 15.9. The summed E-state index contributed by atoms with van der Waals surface area (Å²) in [6, 6.07) is 16.3. The number of aryl methyl sites for hydroxylation is 1. The van der Waals surface area contributed by atoms with Crippen LogP contribution in [0.15, 0.2) is 66.4 Å². The number of Topliss-reactive ketones (excluding diaryl/α,β-unsaturated/α-hetero) is 1. The maximum atomic E-state index is 12.9. The number of benzene rings is 3. The lowest BCUT2D eigenvalue weighted by Crippen LogP contribution is -2.09. The molecule has 0 N–H and O–H groups in total. The normalized spacial score (nSPS) is 13.3. The number of ketones is 1. The summed E-state index contributed by atoms with van der Waals surface area (Å²) < 4.78 is 21.1. The summed E-state index contributed by atoms with van der Waals surface area (Å²) in [4.78, 5) is 37.0. The van der Waals surface area contributed by atoms with E-state index in [9.17, 15) is 14.4 Å². The van der Waals surface area contributed by atoms with Gasteiger partial charge in [0, 0.05) is 6.07 Å². The predicted octanol–water partition coefficient (Wildman–Crippen LogP) is 4.63. The third-order valence-corrected chi connectivity index (χ3v) is 5.09. The maximum Gasteiger partial charge on any atom is 0.343 e. The van der Waals surface area contributed by atoms with E-state index in [0.717, 1.165) is 0 Å². The van der Waals surface area contributed by atoms with Gasteiger partial charge >= 0.3 is 11.9 Å².